The molecular formula is C24H30N4O4S. The second-order valence-corrected chi connectivity index (χ2v) is 10.3. The van der Waals surface area contributed by atoms with E-state index in [0.717, 1.165) is 69.0 Å². The number of nitrogens with two attached hydrogens (primary N) is 1. The van der Waals surface area contributed by atoms with Gasteiger partial charge in [-0.3, -0.25) is 19.4 Å². The van der Waals surface area contributed by atoms with Gasteiger partial charge in [0.15, 0.2) is 11.5 Å². The van der Waals surface area contributed by atoms with Crippen LogP contribution >= 0.6 is 11.3 Å². The molecule has 1 fully saturated rings. The van der Waals surface area contributed by atoms with Gasteiger partial charge in [-0.1, -0.05) is 13.0 Å². The summed E-state index contributed by atoms with van der Waals surface area (Å²) >= 11 is 1.52. The Morgan fingerprint density at radius 2 is 1.91 bits per heavy atom. The van der Waals surface area contributed by atoms with E-state index >= 15 is 0 Å². The van der Waals surface area contributed by atoms with E-state index in [-0.39, 0.29) is 12.7 Å². The molecule has 2 aliphatic heterocycles. The summed E-state index contributed by atoms with van der Waals surface area (Å²) in [5, 5.41) is 3.60. The van der Waals surface area contributed by atoms with E-state index in [1.807, 2.05) is 12.1 Å². The summed E-state index contributed by atoms with van der Waals surface area (Å²) in [5.41, 5.74) is 8.42. The molecule has 1 atom stereocenters. The third-order valence-electron chi connectivity index (χ3n) is 6.69. The van der Waals surface area contributed by atoms with Crippen LogP contribution in [-0.2, 0) is 24.2 Å². The SMILES string of the molecule is CC1CCc2c(sc(NC(=O)CN3CCN(Cc4ccc5c(c4)OCO5)CC3)c2C(N)=O)C1. The van der Waals surface area contributed by atoms with Crippen molar-refractivity contribution in [2.75, 3.05) is 44.8 Å². The number of nitrogens with one attached hydrogen (secondary N) is 1. The second-order valence-electron chi connectivity index (χ2n) is 9.21. The van der Waals surface area contributed by atoms with Crippen molar-refractivity contribution in [3.63, 3.8) is 0 Å². The fourth-order valence-corrected chi connectivity index (χ4v) is 6.30. The van der Waals surface area contributed by atoms with E-state index in [0.29, 0.717) is 23.0 Å². The zero-order chi connectivity index (χ0) is 22.9. The van der Waals surface area contributed by atoms with E-state index in [9.17, 15) is 9.59 Å². The highest BCUT2D eigenvalue weighted by Gasteiger charge is 2.28. The number of piperazine rings is 1. The van der Waals surface area contributed by atoms with E-state index in [1.165, 1.54) is 21.8 Å². The molecule has 1 saturated heterocycles. The molecule has 0 saturated carbocycles. The van der Waals surface area contributed by atoms with Crippen LogP contribution < -0.4 is 20.5 Å². The molecular weight excluding hydrogens is 440 g/mol. The molecule has 3 heterocycles. The standard InChI is InChI=1S/C24H30N4O4S/c1-15-2-4-17-20(10-15)33-24(22(17)23(25)30)26-21(29)13-28-8-6-27(7-9-28)12-16-3-5-18-19(11-16)32-14-31-18/h3,5,11,15H,2,4,6-10,12-14H2,1H3,(H2,25,30)(H,26,29). The minimum atomic E-state index is -0.450. The Balaban J connectivity index is 1.14. The fraction of sp³-hybridized carbons (Fsp3) is 0.500. The number of amides is 2. The Labute approximate surface area is 197 Å². The number of fused-ring (bicyclic) bond motifs is 2. The molecule has 176 valence electrons. The first-order valence-electron chi connectivity index (χ1n) is 11.5. The Kier molecular flexibility index (Phi) is 6.27. The summed E-state index contributed by atoms with van der Waals surface area (Å²) in [6, 6.07) is 6.08. The van der Waals surface area contributed by atoms with Gasteiger partial charge in [0.2, 0.25) is 12.7 Å². The Morgan fingerprint density at radius 1 is 1.15 bits per heavy atom. The molecule has 1 unspecified atom stereocenters. The number of carbonyl (C=O) groups excluding carboxylic acids is 2. The summed E-state index contributed by atoms with van der Waals surface area (Å²) < 4.78 is 10.9. The molecule has 3 N–H and O–H groups in total. The maximum atomic E-state index is 12.8. The molecule has 1 aliphatic carbocycles. The van der Waals surface area contributed by atoms with Crippen LogP contribution in [0.3, 0.4) is 0 Å². The van der Waals surface area contributed by atoms with Gasteiger partial charge < -0.3 is 20.5 Å². The molecule has 3 aliphatic rings. The lowest BCUT2D eigenvalue weighted by molar-refractivity contribution is -0.117. The summed E-state index contributed by atoms with van der Waals surface area (Å²) in [7, 11) is 0. The van der Waals surface area contributed by atoms with Gasteiger partial charge >= 0.3 is 0 Å². The van der Waals surface area contributed by atoms with Crippen LogP contribution in [0.15, 0.2) is 18.2 Å². The van der Waals surface area contributed by atoms with Crippen molar-refractivity contribution < 1.29 is 19.1 Å². The molecule has 0 radical (unpaired) electrons. The molecule has 0 spiro atoms. The summed E-state index contributed by atoms with van der Waals surface area (Å²) in [4.78, 5) is 30.6. The molecule has 5 rings (SSSR count). The molecule has 9 heteroatoms. The van der Waals surface area contributed by atoms with Gasteiger partial charge in [0.1, 0.15) is 5.00 Å². The first kappa shape index (κ1) is 22.2. The first-order chi connectivity index (χ1) is 16.0. The van der Waals surface area contributed by atoms with Crippen LogP contribution in [0, 0.1) is 5.92 Å². The monoisotopic (exact) mass is 470 g/mol. The molecule has 2 amide bonds. The van der Waals surface area contributed by atoms with Crippen LogP contribution in [0.25, 0.3) is 0 Å². The predicted octanol–water partition coefficient (Wildman–Crippen LogP) is 2.46. The number of anilines is 1. The van der Waals surface area contributed by atoms with Crippen molar-refractivity contribution in [1.82, 2.24) is 9.80 Å². The Morgan fingerprint density at radius 3 is 2.70 bits per heavy atom. The van der Waals surface area contributed by atoms with Gasteiger partial charge in [-0.2, -0.15) is 0 Å². The Hall–Kier alpha value is -2.62. The summed E-state index contributed by atoms with van der Waals surface area (Å²) in [5.74, 6) is 1.66. The maximum absolute atomic E-state index is 12.8. The van der Waals surface area contributed by atoms with E-state index in [1.54, 1.807) is 0 Å². The van der Waals surface area contributed by atoms with Crippen LogP contribution in [0.2, 0.25) is 0 Å². The number of carbonyl (C=O) groups is 2. The highest BCUT2D eigenvalue weighted by molar-refractivity contribution is 7.17. The zero-order valence-electron chi connectivity index (χ0n) is 18.9. The Bertz CT molecular complexity index is 1060. The molecule has 1 aromatic carbocycles. The zero-order valence-corrected chi connectivity index (χ0v) is 19.7. The third kappa shape index (κ3) is 4.85. The van der Waals surface area contributed by atoms with Crippen molar-refractivity contribution >= 4 is 28.2 Å². The lowest BCUT2D eigenvalue weighted by Gasteiger charge is -2.34. The minimum Gasteiger partial charge on any atom is -0.454 e. The average Bonchev–Trinajstić information content (AvgIpc) is 3.38. The molecule has 2 aromatic rings. The van der Waals surface area contributed by atoms with Gasteiger partial charge in [0, 0.05) is 37.6 Å². The number of hydrogen-bond donors (Lipinski definition) is 2. The number of ether oxygens (including phenoxy) is 2. The first-order valence-corrected chi connectivity index (χ1v) is 12.4. The summed E-state index contributed by atoms with van der Waals surface area (Å²) in [6.07, 6.45) is 2.85. The number of nitrogens with zero attached hydrogens (tertiary/aromatic N) is 2. The maximum Gasteiger partial charge on any atom is 0.251 e. The second kappa shape index (κ2) is 9.32. The molecule has 0 bridgehead atoms. The van der Waals surface area contributed by atoms with Crippen molar-refractivity contribution in [1.29, 1.82) is 0 Å². The number of primary amides is 1. The van der Waals surface area contributed by atoms with Crippen LogP contribution in [0.4, 0.5) is 5.00 Å². The topological polar surface area (TPSA) is 97.1 Å². The number of thiophene rings is 1. The van der Waals surface area contributed by atoms with Crippen molar-refractivity contribution in [3.8, 4) is 11.5 Å². The van der Waals surface area contributed by atoms with Crippen LogP contribution in [0.1, 0.15) is 39.7 Å². The van der Waals surface area contributed by atoms with E-state index in [2.05, 4.69) is 28.1 Å². The largest absolute Gasteiger partial charge is 0.454 e. The van der Waals surface area contributed by atoms with Crippen LogP contribution in [-0.4, -0.2) is 61.1 Å². The van der Waals surface area contributed by atoms with E-state index < -0.39 is 5.91 Å². The predicted molar refractivity (Wildman–Crippen MR) is 127 cm³/mol. The number of hydrogen-bond acceptors (Lipinski definition) is 7. The van der Waals surface area contributed by atoms with Gasteiger partial charge in [0.25, 0.3) is 5.91 Å². The van der Waals surface area contributed by atoms with Crippen molar-refractivity contribution in [2.24, 2.45) is 11.7 Å². The minimum absolute atomic E-state index is 0.0895. The van der Waals surface area contributed by atoms with Crippen LogP contribution in [0.5, 0.6) is 11.5 Å². The van der Waals surface area contributed by atoms with Gasteiger partial charge in [0.05, 0.1) is 12.1 Å². The van der Waals surface area contributed by atoms with Gasteiger partial charge in [-0.15, -0.1) is 11.3 Å². The van der Waals surface area contributed by atoms with Gasteiger partial charge in [-0.05, 0) is 48.4 Å². The molecule has 1 aromatic heterocycles. The quantitative estimate of drug-likeness (QED) is 0.673. The highest BCUT2D eigenvalue weighted by atomic mass is 32.1. The smallest absolute Gasteiger partial charge is 0.251 e. The lowest BCUT2D eigenvalue weighted by atomic mass is 9.88. The number of benzene rings is 1. The summed E-state index contributed by atoms with van der Waals surface area (Å²) in [6.45, 7) is 7.08. The molecule has 33 heavy (non-hydrogen) atoms. The van der Waals surface area contributed by atoms with Crippen molar-refractivity contribution in [3.05, 3.63) is 39.8 Å². The van der Waals surface area contributed by atoms with Gasteiger partial charge in [-0.25, -0.2) is 0 Å². The lowest BCUT2D eigenvalue weighted by Crippen LogP contribution is -2.48. The molecule has 8 nitrogen and oxygen atoms in total. The number of rotatable bonds is 6. The highest BCUT2D eigenvalue weighted by Crippen LogP contribution is 2.39. The fourth-order valence-electron chi connectivity index (χ4n) is 4.87. The van der Waals surface area contributed by atoms with E-state index in [4.69, 9.17) is 15.2 Å². The third-order valence-corrected chi connectivity index (χ3v) is 7.86. The van der Waals surface area contributed by atoms with Crippen molar-refractivity contribution in [2.45, 2.75) is 32.7 Å². The average molecular weight is 471 g/mol. The normalized spacial score (nSPS) is 20.5.